The van der Waals surface area contributed by atoms with Crippen molar-refractivity contribution in [2.24, 2.45) is 5.73 Å². The van der Waals surface area contributed by atoms with Crippen LogP contribution >= 0.6 is 0 Å². The molecule has 4 heterocycles. The first-order valence-electron chi connectivity index (χ1n) is 10.8. The van der Waals surface area contributed by atoms with Gasteiger partial charge in [0.05, 0.1) is 5.52 Å². The van der Waals surface area contributed by atoms with Crippen LogP contribution in [-0.2, 0) is 0 Å². The molecule has 1 aliphatic heterocycles. The van der Waals surface area contributed by atoms with Crippen LogP contribution in [0, 0.1) is 0 Å². The average Bonchev–Trinajstić information content (AvgIpc) is 3.43. The molecule has 1 aliphatic rings. The Balaban J connectivity index is 1.59. The number of rotatable bonds is 4. The molecular formula is C23H22F3N7O. The van der Waals surface area contributed by atoms with Crippen LogP contribution in [0.3, 0.4) is 0 Å². The lowest BCUT2D eigenvalue weighted by Crippen LogP contribution is -2.38. The van der Waals surface area contributed by atoms with E-state index in [1.165, 1.54) is 27.6 Å². The van der Waals surface area contributed by atoms with Gasteiger partial charge in [0.2, 0.25) is 0 Å². The minimum Gasteiger partial charge on any atom is -0.355 e. The van der Waals surface area contributed by atoms with Gasteiger partial charge in [0.1, 0.15) is 11.7 Å². The zero-order chi connectivity index (χ0) is 24.0. The minimum atomic E-state index is -4.47. The molecule has 2 atom stereocenters. The molecule has 0 aliphatic carbocycles. The van der Waals surface area contributed by atoms with E-state index in [1.807, 2.05) is 6.07 Å². The van der Waals surface area contributed by atoms with Gasteiger partial charge in [-0.25, -0.2) is 4.98 Å². The van der Waals surface area contributed by atoms with Crippen LogP contribution in [0.4, 0.5) is 13.2 Å². The van der Waals surface area contributed by atoms with Crippen LogP contribution in [-0.4, -0.2) is 62.7 Å². The molecule has 1 amide bonds. The number of likely N-dealkylation sites (tertiary alicyclic amines) is 1. The number of carbonyl (C=O) groups excluding carboxylic acids is 1. The van der Waals surface area contributed by atoms with Gasteiger partial charge in [0.25, 0.3) is 5.91 Å². The summed E-state index contributed by atoms with van der Waals surface area (Å²) in [6, 6.07) is 9.58. The monoisotopic (exact) mass is 469 g/mol. The van der Waals surface area contributed by atoms with Gasteiger partial charge in [0, 0.05) is 43.3 Å². The fraction of sp³-hybridized carbons (Fsp3) is 0.304. The molecule has 0 saturated carbocycles. The van der Waals surface area contributed by atoms with Gasteiger partial charge >= 0.3 is 6.18 Å². The molecule has 1 aromatic carbocycles. The standard InChI is InChI=1S/C23H22F3N7O/c1-28-22(34)14-3-2-13-4-6-17(29-18(13)10-14)21-31-30-19-7-5-15(11-33(19)21)20(23(24,25)26)32-9-8-16(27)12-32/h2-7,10-11,16,20H,8-9,12,27H2,1H3,(H,28,34)/t16?,20-/m1/s1. The van der Waals surface area contributed by atoms with Crippen molar-refractivity contribution in [2.75, 3.05) is 20.1 Å². The van der Waals surface area contributed by atoms with Gasteiger partial charge < -0.3 is 11.1 Å². The number of pyridine rings is 2. The van der Waals surface area contributed by atoms with E-state index >= 15 is 0 Å². The summed E-state index contributed by atoms with van der Waals surface area (Å²) in [6.07, 6.45) is -2.53. The van der Waals surface area contributed by atoms with Crippen LogP contribution in [0.5, 0.6) is 0 Å². The van der Waals surface area contributed by atoms with Gasteiger partial charge in [-0.05, 0) is 36.2 Å². The van der Waals surface area contributed by atoms with Gasteiger partial charge in [-0.15, -0.1) is 10.2 Å². The topological polar surface area (TPSA) is 101 Å². The van der Waals surface area contributed by atoms with E-state index in [-0.39, 0.29) is 30.6 Å². The Labute approximate surface area is 192 Å². The fourth-order valence-corrected chi connectivity index (χ4v) is 4.43. The second kappa shape index (κ2) is 8.33. The highest BCUT2D eigenvalue weighted by Crippen LogP contribution is 2.39. The van der Waals surface area contributed by atoms with E-state index in [0.29, 0.717) is 34.7 Å². The molecule has 5 rings (SSSR count). The highest BCUT2D eigenvalue weighted by molar-refractivity contribution is 5.97. The lowest BCUT2D eigenvalue weighted by molar-refractivity contribution is -0.183. The molecule has 0 spiro atoms. The van der Waals surface area contributed by atoms with Crippen LogP contribution in [0.2, 0.25) is 0 Å². The summed E-state index contributed by atoms with van der Waals surface area (Å²) < 4.78 is 43.7. The molecule has 4 aromatic rings. The van der Waals surface area contributed by atoms with Crippen LogP contribution in [0.15, 0.2) is 48.7 Å². The molecule has 176 valence electrons. The van der Waals surface area contributed by atoms with Gasteiger partial charge in [-0.3, -0.25) is 14.1 Å². The number of nitrogens with zero attached hydrogens (tertiary/aromatic N) is 5. The first-order valence-corrected chi connectivity index (χ1v) is 10.8. The molecule has 3 aromatic heterocycles. The predicted octanol–water partition coefficient (Wildman–Crippen LogP) is 2.94. The molecule has 1 fully saturated rings. The third kappa shape index (κ3) is 3.97. The van der Waals surface area contributed by atoms with E-state index in [0.717, 1.165) is 5.39 Å². The number of amides is 1. The van der Waals surface area contributed by atoms with Crippen molar-refractivity contribution >= 4 is 22.5 Å². The third-order valence-corrected chi connectivity index (χ3v) is 6.08. The number of aromatic nitrogens is 4. The molecule has 1 unspecified atom stereocenters. The second-order valence-corrected chi connectivity index (χ2v) is 8.39. The maximum atomic E-state index is 14.1. The Morgan fingerprint density at radius 1 is 1.18 bits per heavy atom. The third-order valence-electron chi connectivity index (χ3n) is 6.08. The number of hydrogen-bond donors (Lipinski definition) is 2. The van der Waals surface area contributed by atoms with E-state index in [9.17, 15) is 18.0 Å². The van der Waals surface area contributed by atoms with E-state index in [4.69, 9.17) is 5.73 Å². The summed E-state index contributed by atoms with van der Waals surface area (Å²) in [5, 5.41) is 11.7. The molecule has 0 radical (unpaired) electrons. The maximum absolute atomic E-state index is 14.1. The van der Waals surface area contributed by atoms with Crippen molar-refractivity contribution in [2.45, 2.75) is 24.7 Å². The Morgan fingerprint density at radius 2 is 1.97 bits per heavy atom. The quantitative estimate of drug-likeness (QED) is 0.477. The van der Waals surface area contributed by atoms with Crippen molar-refractivity contribution in [3.63, 3.8) is 0 Å². The summed E-state index contributed by atoms with van der Waals surface area (Å²) >= 11 is 0. The van der Waals surface area contributed by atoms with Crippen LogP contribution in [0.1, 0.15) is 28.4 Å². The number of carbonyl (C=O) groups is 1. The van der Waals surface area contributed by atoms with Crippen molar-refractivity contribution in [1.82, 2.24) is 29.8 Å². The largest absolute Gasteiger partial charge is 0.408 e. The molecule has 3 N–H and O–H groups in total. The smallest absolute Gasteiger partial charge is 0.355 e. The first kappa shape index (κ1) is 22.2. The summed E-state index contributed by atoms with van der Waals surface area (Å²) in [5.74, 6) is 0.0645. The van der Waals surface area contributed by atoms with Crippen LogP contribution in [0.25, 0.3) is 28.1 Å². The summed E-state index contributed by atoms with van der Waals surface area (Å²) in [6.45, 7) is 0.454. The number of halogens is 3. The number of nitrogens with two attached hydrogens (primary N) is 1. The highest BCUT2D eigenvalue weighted by atomic mass is 19.4. The number of fused-ring (bicyclic) bond motifs is 2. The average molecular weight is 469 g/mol. The van der Waals surface area contributed by atoms with Crippen LogP contribution < -0.4 is 11.1 Å². The highest BCUT2D eigenvalue weighted by Gasteiger charge is 2.46. The number of nitrogens with one attached hydrogen (secondary N) is 1. The molecular weight excluding hydrogens is 447 g/mol. The molecule has 8 nitrogen and oxygen atoms in total. The molecule has 1 saturated heterocycles. The second-order valence-electron chi connectivity index (χ2n) is 8.39. The Kier molecular flexibility index (Phi) is 5.45. The summed E-state index contributed by atoms with van der Waals surface area (Å²) in [4.78, 5) is 18.0. The molecule has 0 bridgehead atoms. The summed E-state index contributed by atoms with van der Waals surface area (Å²) in [7, 11) is 1.54. The first-order chi connectivity index (χ1) is 16.2. The van der Waals surface area contributed by atoms with Gasteiger partial charge in [-0.1, -0.05) is 18.2 Å². The van der Waals surface area contributed by atoms with E-state index in [1.54, 1.807) is 31.3 Å². The molecule has 11 heteroatoms. The fourth-order valence-electron chi connectivity index (χ4n) is 4.43. The van der Waals surface area contributed by atoms with Gasteiger partial charge in [-0.2, -0.15) is 13.2 Å². The Hall–Kier alpha value is -3.57. The van der Waals surface area contributed by atoms with Crippen molar-refractivity contribution in [1.29, 1.82) is 0 Å². The number of hydrogen-bond acceptors (Lipinski definition) is 6. The zero-order valence-corrected chi connectivity index (χ0v) is 18.3. The van der Waals surface area contributed by atoms with Crippen molar-refractivity contribution < 1.29 is 18.0 Å². The Morgan fingerprint density at radius 3 is 2.68 bits per heavy atom. The minimum absolute atomic E-state index is 0.0813. The number of benzene rings is 1. The lowest BCUT2D eigenvalue weighted by Gasteiger charge is -2.30. The van der Waals surface area contributed by atoms with Crippen molar-refractivity contribution in [3.05, 3.63) is 59.8 Å². The normalized spacial score (nSPS) is 18.0. The Bertz CT molecular complexity index is 1380. The predicted molar refractivity (Wildman–Crippen MR) is 120 cm³/mol. The zero-order valence-electron chi connectivity index (χ0n) is 18.3. The lowest BCUT2D eigenvalue weighted by atomic mass is 10.1. The number of alkyl halides is 3. The van der Waals surface area contributed by atoms with E-state index < -0.39 is 12.2 Å². The SMILES string of the molecule is CNC(=O)c1ccc2ccc(-c3nnc4ccc([C@@H](N5CCC(N)C5)C(F)(F)F)cn34)nc2c1. The van der Waals surface area contributed by atoms with Crippen molar-refractivity contribution in [3.8, 4) is 11.5 Å². The molecule has 34 heavy (non-hydrogen) atoms. The van der Waals surface area contributed by atoms with Gasteiger partial charge in [0.15, 0.2) is 11.5 Å². The maximum Gasteiger partial charge on any atom is 0.408 e. The van der Waals surface area contributed by atoms with E-state index in [2.05, 4.69) is 20.5 Å². The summed E-state index contributed by atoms with van der Waals surface area (Å²) in [5.41, 5.74) is 7.80.